The lowest BCUT2D eigenvalue weighted by atomic mass is 10.2. The van der Waals surface area contributed by atoms with Crippen LogP contribution in [0.15, 0.2) is 128 Å². The number of aromatic carboxylic acids is 1. The number of aryl methyl sites for hydroxylation is 2. The van der Waals surface area contributed by atoms with Crippen LogP contribution in [-0.4, -0.2) is 204 Å². The molecule has 5 heterocycles. The van der Waals surface area contributed by atoms with Crippen LogP contribution in [0, 0.1) is 23.3 Å². The van der Waals surface area contributed by atoms with E-state index < -0.39 is 142 Å². The summed E-state index contributed by atoms with van der Waals surface area (Å²) in [7, 11) is 2.32. The number of nitrogens with two attached hydrogens (primary N) is 3. The van der Waals surface area contributed by atoms with E-state index in [1.165, 1.54) is 108 Å². The first kappa shape index (κ1) is 113. The van der Waals surface area contributed by atoms with Gasteiger partial charge < -0.3 is 108 Å². The standard InChI is InChI=1S/C18H16F4N6O3.C17H21FN4O4.C12H13FN4O2.C10H18N2O5.C8H16N2O4.C7H7FN2O.C6H5F3N2O2.ClH/c1-9(29)23-8-12(17-25-15(27-31-17)10-4-3-5-11(19)6-10)24-16(30)13-7-14(18(20,21)22)26-28(13)2;1-10(23)19-9-13(20-16(24)25-17(2,3)4)15-21-14(22-26-15)11-6-5-7-12(18)8-11;1-7(18)15-6-10(14)12-16-11(17-19-12)8-3-2-4-9(13)5-8;1-6(13)11-5-7(8(14)15)12-9(16)17-10(2,3)4;1-8(2,3)14-7(13)10-5(4-9)6(11)12;8-6-3-1-2-5(4-6)7(9)10-11;1-11-3(5(12)13)2-4(10-11)6(7,8)9;/h3-7,12H,8H2,1-2H3,(H,23,29)(H,24,30);5-8,13H,9H2,1-4H3,(H,19,23)(H,20,24);2-5,10H,6,14H2,1H3,(H,15,18);7H,5H2,1-4H3,(H,11,13)(H,12,16)(H,14,15);5H,4,9H2,1-3H3,(H,10,13)(H,11,12);1-4,11H,(H2,9,10);2H,1H3,(H,12,13);1H/t12-;13-;10-;7-;5-;;;/m00000.../s1. The maximum absolute atomic E-state index is 13.4. The maximum Gasteiger partial charge on any atom is 0.435 e. The lowest BCUT2D eigenvalue weighted by Gasteiger charge is -2.22. The molecule has 0 bridgehead atoms. The molecule has 722 valence electrons. The van der Waals surface area contributed by atoms with Crippen molar-refractivity contribution in [1.29, 1.82) is 0 Å². The van der Waals surface area contributed by atoms with Crippen LogP contribution in [0.25, 0.3) is 34.2 Å². The smallest absolute Gasteiger partial charge is 0.435 e. The first-order valence-corrected chi connectivity index (χ1v) is 37.8. The van der Waals surface area contributed by atoms with Crippen molar-refractivity contribution in [2.45, 2.75) is 149 Å². The summed E-state index contributed by atoms with van der Waals surface area (Å²) in [6, 6.07) is 18.7. The first-order valence-electron chi connectivity index (χ1n) is 37.8. The van der Waals surface area contributed by atoms with E-state index in [1.54, 1.807) is 86.6 Å². The van der Waals surface area contributed by atoms with Crippen LogP contribution in [0.4, 0.5) is 58.3 Å². The van der Waals surface area contributed by atoms with E-state index in [0.29, 0.717) is 39.1 Å². The van der Waals surface area contributed by atoms with Crippen LogP contribution < -0.4 is 59.7 Å². The molecule has 0 aliphatic rings. The SMILES string of the molecule is CC(=O)NC[C@H](N)c1nc(-c2cccc(F)c2)no1.CC(=O)NC[C@H](NC(=O)OC(C)(C)C)C(=O)O.CC(=O)NC[C@H](NC(=O)OC(C)(C)C)c1nc(-c2cccc(F)c2)no1.CC(=O)NC[C@H](NC(=O)c1cc(C(F)(F)F)nn1C)c1nc(-c2cccc(F)c2)no1.CC(C)(C)OC(=O)N[C@@H](CN)C(=O)O.Cl.Cn1nc(C(F)(F)F)cc1C(=O)O.NC(=NO)c1cccc(F)c1. The molecular formula is C78H97ClF10N22O21. The van der Waals surface area contributed by atoms with Gasteiger partial charge in [-0.3, -0.25) is 33.3 Å². The Morgan fingerprint density at radius 3 is 1.11 bits per heavy atom. The van der Waals surface area contributed by atoms with Crippen LogP contribution in [0.3, 0.4) is 0 Å². The van der Waals surface area contributed by atoms with E-state index in [0.717, 1.165) is 11.7 Å². The van der Waals surface area contributed by atoms with Crippen molar-refractivity contribution in [3.8, 4) is 34.2 Å². The maximum atomic E-state index is 13.4. The normalized spacial score (nSPS) is 12.2. The Bertz CT molecular complexity index is 5380. The first-order chi connectivity index (χ1) is 60.7. The van der Waals surface area contributed by atoms with E-state index in [2.05, 4.69) is 88.3 Å². The largest absolute Gasteiger partial charge is 0.480 e. The molecule has 5 aromatic heterocycles. The summed E-state index contributed by atoms with van der Waals surface area (Å²) in [6.07, 6.45) is -11.6. The molecule has 0 saturated heterocycles. The molecule has 0 radical (unpaired) electrons. The fourth-order valence-corrected chi connectivity index (χ4v) is 9.19. The summed E-state index contributed by atoms with van der Waals surface area (Å²) in [6.45, 7) is 20.1. The summed E-state index contributed by atoms with van der Waals surface area (Å²) in [5.74, 6) is -7.35. The third-order valence-electron chi connectivity index (χ3n) is 15.0. The fourth-order valence-electron chi connectivity index (χ4n) is 9.19. The number of hydrogen-bond acceptors (Lipinski definition) is 29. The number of ether oxygens (including phenoxy) is 3. The lowest BCUT2D eigenvalue weighted by molar-refractivity contribution is -0.142. The highest BCUT2D eigenvalue weighted by Gasteiger charge is 2.38. The second kappa shape index (κ2) is 51.9. The number of benzene rings is 4. The van der Waals surface area contributed by atoms with E-state index in [-0.39, 0.29) is 115 Å². The summed E-state index contributed by atoms with van der Waals surface area (Å²) in [5.41, 5.74) is 12.4. The summed E-state index contributed by atoms with van der Waals surface area (Å²) >= 11 is 0. The Morgan fingerprint density at radius 1 is 0.462 bits per heavy atom. The Balaban J connectivity index is 0.000000535. The molecule has 9 aromatic rings. The zero-order valence-electron chi connectivity index (χ0n) is 72.9. The van der Waals surface area contributed by atoms with Crippen molar-refractivity contribution >= 4 is 84.0 Å². The molecule has 5 atom stereocenters. The number of carbonyl (C=O) groups is 11. The molecule has 43 nitrogen and oxygen atoms in total. The number of aliphatic carboxylic acids is 2. The predicted molar refractivity (Wildman–Crippen MR) is 443 cm³/mol. The highest BCUT2D eigenvalue weighted by atomic mass is 35.5. The van der Waals surface area contributed by atoms with Gasteiger partial charge in [0.25, 0.3) is 17.7 Å². The average Bonchev–Trinajstić information content (AvgIpc) is 1.66. The molecule has 54 heteroatoms. The van der Waals surface area contributed by atoms with Crippen LogP contribution in [0.2, 0.25) is 0 Å². The number of carboxylic acids is 3. The second-order valence-electron chi connectivity index (χ2n) is 29.7. The number of nitrogens with zero attached hydrogens (tertiary/aromatic N) is 11. The fraction of sp³-hybridized carbons (Fsp3) is 0.385. The molecule has 0 unspecified atom stereocenters. The minimum absolute atomic E-state index is 0. The van der Waals surface area contributed by atoms with Gasteiger partial charge in [-0.1, -0.05) is 69.2 Å². The van der Waals surface area contributed by atoms with Crippen LogP contribution >= 0.6 is 12.4 Å². The monoisotopic (exact) mass is 1900 g/mol. The van der Waals surface area contributed by atoms with Gasteiger partial charge in [0, 0.05) is 109 Å². The number of alkyl carbamates (subject to hydrolysis) is 3. The minimum atomic E-state index is -4.72. The van der Waals surface area contributed by atoms with Gasteiger partial charge in [-0.25, -0.2) is 46.3 Å². The van der Waals surface area contributed by atoms with Crippen LogP contribution in [0.1, 0.15) is 164 Å². The van der Waals surface area contributed by atoms with E-state index in [9.17, 15) is 96.6 Å². The molecule has 0 fully saturated rings. The van der Waals surface area contributed by atoms with Gasteiger partial charge >= 0.3 is 48.5 Å². The topological polar surface area (TPSA) is 635 Å². The predicted octanol–water partition coefficient (Wildman–Crippen LogP) is 8.33. The Labute approximate surface area is 749 Å². The summed E-state index contributed by atoms with van der Waals surface area (Å²) in [5, 5.41) is 73.5. The molecule has 0 saturated carbocycles. The van der Waals surface area contributed by atoms with Crippen LogP contribution in [0.5, 0.6) is 0 Å². The van der Waals surface area contributed by atoms with Gasteiger partial charge in [-0.2, -0.15) is 51.5 Å². The number of nitrogens with one attached hydrogen (secondary N) is 8. The minimum Gasteiger partial charge on any atom is -0.480 e. The molecular weight excluding hydrogens is 1810 g/mol. The number of aromatic nitrogens is 10. The summed E-state index contributed by atoms with van der Waals surface area (Å²) in [4.78, 5) is 135. The highest BCUT2D eigenvalue weighted by Crippen LogP contribution is 2.31. The van der Waals surface area contributed by atoms with Gasteiger partial charge in [-0.05, 0) is 111 Å². The number of amidine groups is 1. The number of carbonyl (C=O) groups excluding carboxylic acids is 8. The number of hydrogen-bond donors (Lipinski definition) is 15. The number of halogens is 11. The molecule has 9 rings (SSSR count). The molecule has 0 aliphatic heterocycles. The van der Waals surface area contributed by atoms with Crippen molar-refractivity contribution in [3.05, 3.63) is 178 Å². The highest BCUT2D eigenvalue weighted by molar-refractivity contribution is 5.97. The van der Waals surface area contributed by atoms with Gasteiger partial charge in [0.2, 0.25) is 47.0 Å². The second-order valence-corrected chi connectivity index (χ2v) is 29.7. The average molecular weight is 1900 g/mol. The molecule has 4 aromatic carbocycles. The molecule has 0 spiro atoms. The van der Waals surface area contributed by atoms with Crippen molar-refractivity contribution in [1.82, 2.24) is 92.5 Å². The summed E-state index contributed by atoms with van der Waals surface area (Å²) < 4.78 is 159. The molecule has 132 heavy (non-hydrogen) atoms. The van der Waals surface area contributed by atoms with E-state index in [1.807, 2.05) is 0 Å². The van der Waals surface area contributed by atoms with Gasteiger partial charge in [0.15, 0.2) is 17.2 Å². The van der Waals surface area contributed by atoms with Crippen molar-refractivity contribution in [2.75, 3.05) is 32.7 Å². The van der Waals surface area contributed by atoms with Gasteiger partial charge in [0.1, 0.15) is 81.7 Å². The third-order valence-corrected chi connectivity index (χ3v) is 15.0. The number of carboxylic acid groups (broad SMARTS) is 3. The van der Waals surface area contributed by atoms with Gasteiger partial charge in [-0.15, -0.1) is 12.4 Å². The third kappa shape index (κ3) is 42.8. The van der Waals surface area contributed by atoms with Gasteiger partial charge in [0.05, 0.1) is 0 Å². The van der Waals surface area contributed by atoms with E-state index in [4.69, 9.17) is 65.5 Å². The van der Waals surface area contributed by atoms with E-state index >= 15 is 0 Å². The Morgan fingerprint density at radius 2 is 0.788 bits per heavy atom. The number of oxime groups is 1. The van der Waals surface area contributed by atoms with Crippen molar-refractivity contribution in [2.24, 2.45) is 36.5 Å². The number of rotatable bonds is 24. The number of amides is 8. The molecule has 0 aliphatic carbocycles. The Hall–Kier alpha value is -14.9. The lowest BCUT2D eigenvalue weighted by Crippen LogP contribution is -2.49. The zero-order valence-corrected chi connectivity index (χ0v) is 73.7. The zero-order chi connectivity index (χ0) is 99.4. The quantitative estimate of drug-likeness (QED) is 0.00674. The Kier molecular flexibility index (Phi) is 44.5. The molecule has 18 N–H and O–H groups in total. The van der Waals surface area contributed by atoms with Crippen LogP contribution in [-0.2, 0) is 69.4 Å². The molecule has 8 amide bonds. The van der Waals surface area contributed by atoms with Crippen molar-refractivity contribution in [3.63, 3.8) is 0 Å². The number of alkyl halides is 6. The van der Waals surface area contributed by atoms with Crippen molar-refractivity contribution < 1.29 is 145 Å².